The van der Waals surface area contributed by atoms with Crippen molar-refractivity contribution in [3.8, 4) is 0 Å². The first-order valence-corrected chi connectivity index (χ1v) is 7.56. The quantitative estimate of drug-likeness (QED) is 0.429. The Labute approximate surface area is 137 Å². The first-order valence-electron chi connectivity index (χ1n) is 6.48. The third kappa shape index (κ3) is 5.58. The van der Waals surface area contributed by atoms with Crippen molar-refractivity contribution in [2.24, 2.45) is 5.41 Å². The van der Waals surface area contributed by atoms with E-state index in [-0.39, 0.29) is 17.0 Å². The van der Waals surface area contributed by atoms with Gasteiger partial charge in [0.05, 0.1) is 10.5 Å². The molecule has 0 saturated heterocycles. The molecule has 0 fully saturated rings. The molecule has 0 saturated carbocycles. The maximum Gasteiger partial charge on any atom is 0.270 e. The number of hydrogen-bond acceptors (Lipinski definition) is 4. The number of nitrogens with zero attached hydrogens (tertiary/aromatic N) is 1. The third-order valence-corrected chi connectivity index (χ3v) is 4.06. The number of nitrogens with one attached hydrogen (secondary N) is 1. The van der Waals surface area contributed by atoms with Gasteiger partial charge in [-0.25, -0.2) is 0 Å². The van der Waals surface area contributed by atoms with Crippen LogP contribution in [-0.4, -0.2) is 31.1 Å². The number of amides is 1. The van der Waals surface area contributed by atoms with Gasteiger partial charge in [-0.05, 0) is 40.5 Å². The van der Waals surface area contributed by atoms with Crippen molar-refractivity contribution in [2.75, 3.05) is 20.3 Å². The summed E-state index contributed by atoms with van der Waals surface area (Å²) < 4.78 is 5.73. The summed E-state index contributed by atoms with van der Waals surface area (Å²) in [6.45, 7) is 5.17. The smallest absolute Gasteiger partial charge is 0.270 e. The van der Waals surface area contributed by atoms with Gasteiger partial charge in [0, 0.05) is 36.0 Å². The molecule has 0 bridgehead atoms. The van der Waals surface area contributed by atoms with E-state index in [0.29, 0.717) is 22.3 Å². The van der Waals surface area contributed by atoms with Gasteiger partial charge in [-0.2, -0.15) is 0 Å². The van der Waals surface area contributed by atoms with E-state index in [9.17, 15) is 14.9 Å². The summed E-state index contributed by atoms with van der Waals surface area (Å²) >= 11 is 2.00. The predicted octanol–water partition coefficient (Wildman–Crippen LogP) is 2.99. The predicted molar refractivity (Wildman–Crippen MR) is 88.4 cm³/mol. The van der Waals surface area contributed by atoms with E-state index in [4.69, 9.17) is 4.74 Å². The molecule has 1 amide bonds. The number of non-ortho nitro benzene ring substituents is 1. The molecule has 116 valence electrons. The van der Waals surface area contributed by atoms with Gasteiger partial charge in [-0.3, -0.25) is 14.9 Å². The van der Waals surface area contributed by atoms with Crippen LogP contribution in [0.3, 0.4) is 0 Å². The van der Waals surface area contributed by atoms with Crippen LogP contribution in [0.15, 0.2) is 18.2 Å². The second-order valence-electron chi connectivity index (χ2n) is 5.51. The molecule has 1 aromatic rings. The van der Waals surface area contributed by atoms with Crippen LogP contribution in [-0.2, 0) is 4.74 Å². The number of nitro benzene ring substituents is 1. The maximum absolute atomic E-state index is 12.2. The lowest BCUT2D eigenvalue weighted by Gasteiger charge is -2.24. The largest absolute Gasteiger partial charge is 0.385 e. The Kier molecular flexibility index (Phi) is 6.53. The first-order chi connectivity index (χ1) is 9.76. The van der Waals surface area contributed by atoms with Crippen LogP contribution in [0.4, 0.5) is 5.69 Å². The number of hydrogen-bond donors (Lipinski definition) is 1. The summed E-state index contributed by atoms with van der Waals surface area (Å²) in [6, 6.07) is 4.27. The molecule has 1 aromatic carbocycles. The Bertz CT molecular complexity index is 532. The van der Waals surface area contributed by atoms with Crippen molar-refractivity contribution >= 4 is 34.2 Å². The minimum absolute atomic E-state index is 0.0841. The molecule has 0 radical (unpaired) electrons. The van der Waals surface area contributed by atoms with Gasteiger partial charge in [0.25, 0.3) is 11.6 Å². The van der Waals surface area contributed by atoms with Crippen LogP contribution in [0, 0.1) is 19.1 Å². The van der Waals surface area contributed by atoms with E-state index in [1.807, 2.05) is 36.4 Å². The number of ether oxygens (including phenoxy) is 1. The molecular weight excluding hydrogens is 387 g/mol. The van der Waals surface area contributed by atoms with Gasteiger partial charge >= 0.3 is 0 Å². The summed E-state index contributed by atoms with van der Waals surface area (Å²) in [5, 5.41) is 13.6. The second kappa shape index (κ2) is 7.69. The van der Waals surface area contributed by atoms with Crippen LogP contribution in [0.5, 0.6) is 0 Å². The lowest BCUT2D eigenvalue weighted by Crippen LogP contribution is -2.35. The van der Waals surface area contributed by atoms with Crippen LogP contribution >= 0.6 is 22.6 Å². The molecule has 0 unspecified atom stereocenters. The Morgan fingerprint density at radius 3 is 2.71 bits per heavy atom. The van der Waals surface area contributed by atoms with Gasteiger partial charge in [-0.15, -0.1) is 0 Å². The van der Waals surface area contributed by atoms with Crippen LogP contribution in [0.2, 0.25) is 0 Å². The lowest BCUT2D eigenvalue weighted by molar-refractivity contribution is -0.384. The van der Waals surface area contributed by atoms with E-state index in [0.717, 1.165) is 6.42 Å². The minimum atomic E-state index is -0.505. The van der Waals surface area contributed by atoms with Gasteiger partial charge in [0.2, 0.25) is 0 Å². The molecule has 1 rings (SSSR count). The average molecular weight is 406 g/mol. The molecule has 0 aromatic heterocycles. The molecule has 0 aliphatic heterocycles. The summed E-state index contributed by atoms with van der Waals surface area (Å²) in [5.41, 5.74) is 0.143. The molecule has 0 aliphatic carbocycles. The van der Waals surface area contributed by atoms with Gasteiger partial charge in [0.1, 0.15) is 0 Å². The lowest BCUT2D eigenvalue weighted by atomic mass is 9.89. The Morgan fingerprint density at radius 2 is 2.14 bits per heavy atom. The van der Waals surface area contributed by atoms with E-state index in [1.54, 1.807) is 13.2 Å². The molecular formula is C14H19IN2O4. The molecule has 21 heavy (non-hydrogen) atoms. The normalized spacial score (nSPS) is 11.2. The third-order valence-electron chi connectivity index (χ3n) is 3.12. The number of carbonyl (C=O) groups excluding carboxylic acids is 1. The number of methoxy groups -OCH3 is 1. The summed E-state index contributed by atoms with van der Waals surface area (Å²) in [6.07, 6.45) is 0.815. The monoisotopic (exact) mass is 406 g/mol. The second-order valence-corrected chi connectivity index (χ2v) is 6.67. The molecule has 6 nitrogen and oxygen atoms in total. The van der Waals surface area contributed by atoms with Crippen LogP contribution in [0.25, 0.3) is 0 Å². The summed E-state index contributed by atoms with van der Waals surface area (Å²) in [5.74, 6) is -0.298. The van der Waals surface area contributed by atoms with E-state index >= 15 is 0 Å². The standard InChI is InChI=1S/C14H19IN2O4/c1-14(2,6-7-21-3)9-16-13(18)11-8-10(17(19)20)4-5-12(11)15/h4-5,8H,6-7,9H2,1-3H3,(H,16,18). The molecule has 0 atom stereocenters. The van der Waals surface area contributed by atoms with Crippen LogP contribution < -0.4 is 5.32 Å². The van der Waals surface area contributed by atoms with Crippen LogP contribution in [0.1, 0.15) is 30.6 Å². The summed E-state index contributed by atoms with van der Waals surface area (Å²) in [7, 11) is 1.64. The highest BCUT2D eigenvalue weighted by Crippen LogP contribution is 2.21. The maximum atomic E-state index is 12.2. The number of halogens is 1. The average Bonchev–Trinajstić information content (AvgIpc) is 2.43. The number of benzene rings is 1. The molecule has 0 spiro atoms. The zero-order valence-corrected chi connectivity index (χ0v) is 14.5. The van der Waals surface area contributed by atoms with Gasteiger partial charge in [0.15, 0.2) is 0 Å². The zero-order valence-electron chi connectivity index (χ0n) is 12.3. The molecule has 1 N–H and O–H groups in total. The number of nitro groups is 1. The van der Waals surface area contributed by atoms with Crippen molar-refractivity contribution in [2.45, 2.75) is 20.3 Å². The highest BCUT2D eigenvalue weighted by atomic mass is 127. The van der Waals surface area contributed by atoms with Crippen molar-refractivity contribution in [3.63, 3.8) is 0 Å². The van der Waals surface area contributed by atoms with E-state index in [1.165, 1.54) is 12.1 Å². The van der Waals surface area contributed by atoms with Gasteiger partial charge < -0.3 is 10.1 Å². The zero-order chi connectivity index (χ0) is 16.0. The molecule has 0 heterocycles. The van der Waals surface area contributed by atoms with Crippen molar-refractivity contribution < 1.29 is 14.5 Å². The van der Waals surface area contributed by atoms with E-state index < -0.39 is 4.92 Å². The fourth-order valence-electron chi connectivity index (χ4n) is 1.68. The molecule has 0 aliphatic rings. The Morgan fingerprint density at radius 1 is 1.48 bits per heavy atom. The Hall–Kier alpha value is -1.22. The van der Waals surface area contributed by atoms with Crippen molar-refractivity contribution in [3.05, 3.63) is 37.4 Å². The first kappa shape index (κ1) is 17.8. The van der Waals surface area contributed by atoms with E-state index in [2.05, 4.69) is 5.32 Å². The highest BCUT2D eigenvalue weighted by molar-refractivity contribution is 14.1. The van der Waals surface area contributed by atoms with Crippen molar-refractivity contribution in [1.29, 1.82) is 0 Å². The van der Waals surface area contributed by atoms with Gasteiger partial charge in [-0.1, -0.05) is 13.8 Å². The van der Waals surface area contributed by atoms with Crippen molar-refractivity contribution in [1.82, 2.24) is 5.32 Å². The SMILES string of the molecule is COCCC(C)(C)CNC(=O)c1cc([N+](=O)[O-])ccc1I. The Balaban J connectivity index is 2.76. The number of rotatable bonds is 7. The highest BCUT2D eigenvalue weighted by Gasteiger charge is 2.21. The summed E-state index contributed by atoms with van der Waals surface area (Å²) in [4.78, 5) is 22.5. The fraction of sp³-hybridized carbons (Fsp3) is 0.500. The minimum Gasteiger partial charge on any atom is -0.385 e. The number of carbonyl (C=O) groups is 1. The fourth-order valence-corrected chi connectivity index (χ4v) is 2.26. The topological polar surface area (TPSA) is 81.5 Å². The molecule has 7 heteroatoms.